The van der Waals surface area contributed by atoms with E-state index in [1.165, 1.54) is 18.0 Å². The number of carbonyl (C=O) groups excluding carboxylic acids is 2. The number of anilines is 1. The number of halogens is 2. The van der Waals surface area contributed by atoms with Gasteiger partial charge in [-0.05, 0) is 42.0 Å². The topological polar surface area (TPSA) is 67.9 Å². The molecule has 1 N–H and O–H groups in total. The lowest BCUT2D eigenvalue weighted by Crippen LogP contribution is -2.29. The van der Waals surface area contributed by atoms with E-state index >= 15 is 0 Å². The van der Waals surface area contributed by atoms with Gasteiger partial charge in [0.2, 0.25) is 5.91 Å². The molecule has 6 nitrogen and oxygen atoms in total. The molecular formula is C19H18F2N2O4. The van der Waals surface area contributed by atoms with Crippen LogP contribution >= 0.6 is 0 Å². The van der Waals surface area contributed by atoms with Gasteiger partial charge in [-0.2, -0.15) is 0 Å². The first-order chi connectivity index (χ1) is 13.0. The molecule has 0 bridgehead atoms. The van der Waals surface area contributed by atoms with Gasteiger partial charge in [-0.3, -0.25) is 4.79 Å². The van der Waals surface area contributed by atoms with Gasteiger partial charge < -0.3 is 19.7 Å². The number of hydrogen-bond donors (Lipinski definition) is 1. The molecule has 2 aromatic rings. The fourth-order valence-electron chi connectivity index (χ4n) is 2.73. The van der Waals surface area contributed by atoms with Crippen LogP contribution in [-0.2, 0) is 16.1 Å². The normalized spacial score (nSPS) is 16.3. The Kier molecular flexibility index (Phi) is 5.54. The zero-order chi connectivity index (χ0) is 19.4. The Hall–Kier alpha value is -3.16. The number of rotatable bonds is 5. The lowest BCUT2D eigenvalue weighted by atomic mass is 10.2. The Morgan fingerprint density at radius 3 is 2.59 bits per heavy atom. The number of benzene rings is 2. The van der Waals surface area contributed by atoms with E-state index in [0.717, 1.165) is 12.1 Å². The quantitative estimate of drug-likeness (QED) is 0.871. The predicted molar refractivity (Wildman–Crippen MR) is 93.4 cm³/mol. The summed E-state index contributed by atoms with van der Waals surface area (Å²) >= 11 is 0. The Morgan fingerprint density at radius 1 is 1.19 bits per heavy atom. The maximum Gasteiger partial charge on any atom is 0.407 e. The molecule has 27 heavy (non-hydrogen) atoms. The summed E-state index contributed by atoms with van der Waals surface area (Å²) in [5, 5.41) is 2.35. The van der Waals surface area contributed by atoms with Crippen molar-refractivity contribution in [3.63, 3.8) is 0 Å². The minimum atomic E-state index is -0.924. The van der Waals surface area contributed by atoms with Crippen LogP contribution in [0.4, 0.5) is 19.3 Å². The van der Waals surface area contributed by atoms with Crippen LogP contribution < -0.4 is 15.0 Å². The van der Waals surface area contributed by atoms with Crippen molar-refractivity contribution in [3.05, 3.63) is 59.7 Å². The Labute approximate surface area is 154 Å². The van der Waals surface area contributed by atoms with Crippen molar-refractivity contribution in [1.82, 2.24) is 5.32 Å². The summed E-state index contributed by atoms with van der Waals surface area (Å²) in [4.78, 5) is 24.9. The number of hydrogen-bond acceptors (Lipinski definition) is 4. The van der Waals surface area contributed by atoms with Gasteiger partial charge in [0.25, 0.3) is 0 Å². The van der Waals surface area contributed by atoms with Crippen LogP contribution in [0.2, 0.25) is 0 Å². The second-order valence-corrected chi connectivity index (χ2v) is 6.02. The average molecular weight is 376 g/mol. The molecule has 1 saturated heterocycles. The van der Waals surface area contributed by atoms with Gasteiger partial charge in [0, 0.05) is 12.7 Å². The molecule has 0 aromatic heterocycles. The highest BCUT2D eigenvalue weighted by atomic mass is 19.2. The first-order valence-electron chi connectivity index (χ1n) is 8.32. The molecular weight excluding hydrogens is 358 g/mol. The van der Waals surface area contributed by atoms with Crippen molar-refractivity contribution in [2.45, 2.75) is 19.1 Å². The molecule has 2 amide bonds. The minimum absolute atomic E-state index is 0.0846. The Balaban J connectivity index is 1.59. The standard InChI is InChI=1S/C19H18F2N2O4/c1-22-19(25)27-15-9-18(24)23(10-15)13-3-5-14(6-4-13)26-11-12-2-7-16(20)17(21)8-12/h2-8,15H,9-11H2,1H3,(H,22,25). The van der Waals surface area contributed by atoms with Crippen LogP contribution in [-0.4, -0.2) is 31.7 Å². The van der Waals surface area contributed by atoms with Gasteiger partial charge in [0.1, 0.15) is 18.5 Å². The van der Waals surface area contributed by atoms with Crippen LogP contribution in [0.1, 0.15) is 12.0 Å². The molecule has 0 spiro atoms. The maximum atomic E-state index is 13.2. The first kappa shape index (κ1) is 18.6. The summed E-state index contributed by atoms with van der Waals surface area (Å²) in [7, 11) is 1.45. The number of ether oxygens (including phenoxy) is 2. The van der Waals surface area contributed by atoms with E-state index in [9.17, 15) is 18.4 Å². The second-order valence-electron chi connectivity index (χ2n) is 6.02. The van der Waals surface area contributed by atoms with Crippen LogP contribution in [0.5, 0.6) is 5.75 Å². The molecule has 1 fully saturated rings. The van der Waals surface area contributed by atoms with E-state index in [-0.39, 0.29) is 25.5 Å². The van der Waals surface area contributed by atoms with E-state index in [4.69, 9.17) is 9.47 Å². The third-order valence-electron chi connectivity index (χ3n) is 4.11. The van der Waals surface area contributed by atoms with Gasteiger partial charge in [-0.25, -0.2) is 13.6 Å². The van der Waals surface area contributed by atoms with Gasteiger partial charge in [-0.15, -0.1) is 0 Å². The monoisotopic (exact) mass is 376 g/mol. The number of nitrogens with zero attached hydrogens (tertiary/aromatic N) is 1. The van der Waals surface area contributed by atoms with Gasteiger partial charge in [-0.1, -0.05) is 6.07 Å². The summed E-state index contributed by atoms with van der Waals surface area (Å²) in [6.45, 7) is 0.364. The molecule has 1 unspecified atom stereocenters. The van der Waals surface area contributed by atoms with E-state index in [2.05, 4.69) is 5.32 Å². The van der Waals surface area contributed by atoms with Crippen molar-refractivity contribution < 1.29 is 27.8 Å². The lowest BCUT2D eigenvalue weighted by Gasteiger charge is -2.17. The third-order valence-corrected chi connectivity index (χ3v) is 4.11. The Morgan fingerprint density at radius 2 is 1.93 bits per heavy atom. The highest BCUT2D eigenvalue weighted by molar-refractivity contribution is 5.96. The van der Waals surface area contributed by atoms with E-state index in [1.807, 2.05) is 0 Å². The average Bonchev–Trinajstić information content (AvgIpc) is 3.03. The molecule has 0 radical (unpaired) electrons. The summed E-state index contributed by atoms with van der Waals surface area (Å²) in [6.07, 6.45) is -0.945. The highest BCUT2D eigenvalue weighted by Crippen LogP contribution is 2.26. The van der Waals surface area contributed by atoms with Crippen LogP contribution in [0.15, 0.2) is 42.5 Å². The van der Waals surface area contributed by atoms with Crippen molar-refractivity contribution in [2.75, 3.05) is 18.5 Å². The summed E-state index contributed by atoms with van der Waals surface area (Å²) in [5.41, 5.74) is 1.16. The molecule has 8 heteroatoms. The zero-order valence-electron chi connectivity index (χ0n) is 14.6. The third kappa shape index (κ3) is 4.52. The fourth-order valence-corrected chi connectivity index (χ4v) is 2.73. The molecule has 1 aliphatic rings. The minimum Gasteiger partial charge on any atom is -0.489 e. The number of carbonyl (C=O) groups is 2. The van der Waals surface area contributed by atoms with Crippen LogP contribution in [0.25, 0.3) is 0 Å². The summed E-state index contributed by atoms with van der Waals surface area (Å²) in [5.74, 6) is -1.45. The molecule has 2 aromatic carbocycles. The van der Waals surface area contributed by atoms with Crippen LogP contribution in [0.3, 0.4) is 0 Å². The number of nitrogens with one attached hydrogen (secondary N) is 1. The van der Waals surface area contributed by atoms with Crippen molar-refractivity contribution in [1.29, 1.82) is 0 Å². The molecule has 1 aliphatic heterocycles. The molecule has 142 valence electrons. The van der Waals surface area contributed by atoms with E-state index in [0.29, 0.717) is 17.0 Å². The van der Waals surface area contributed by atoms with Crippen molar-refractivity contribution >= 4 is 17.7 Å². The Bertz CT molecular complexity index is 842. The van der Waals surface area contributed by atoms with E-state index < -0.39 is 23.8 Å². The second kappa shape index (κ2) is 8.03. The summed E-state index contributed by atoms with van der Waals surface area (Å²) in [6, 6.07) is 10.3. The molecule has 0 aliphatic carbocycles. The SMILES string of the molecule is CNC(=O)OC1CC(=O)N(c2ccc(OCc3ccc(F)c(F)c3)cc2)C1. The largest absolute Gasteiger partial charge is 0.489 e. The van der Waals surface area contributed by atoms with Gasteiger partial charge >= 0.3 is 6.09 Å². The van der Waals surface area contributed by atoms with Crippen molar-refractivity contribution in [3.8, 4) is 5.75 Å². The van der Waals surface area contributed by atoms with Gasteiger partial charge in [0.05, 0.1) is 13.0 Å². The molecule has 1 heterocycles. The smallest absolute Gasteiger partial charge is 0.407 e. The highest BCUT2D eigenvalue weighted by Gasteiger charge is 2.33. The predicted octanol–water partition coefficient (Wildman–Crippen LogP) is 3.01. The van der Waals surface area contributed by atoms with Gasteiger partial charge in [0.15, 0.2) is 11.6 Å². The molecule has 0 saturated carbocycles. The zero-order valence-corrected chi connectivity index (χ0v) is 14.6. The lowest BCUT2D eigenvalue weighted by molar-refractivity contribution is -0.117. The van der Waals surface area contributed by atoms with E-state index in [1.54, 1.807) is 24.3 Å². The molecule has 3 rings (SSSR count). The fraction of sp³-hybridized carbons (Fsp3) is 0.263. The maximum absolute atomic E-state index is 13.2. The number of alkyl carbamates (subject to hydrolysis) is 1. The first-order valence-corrected chi connectivity index (χ1v) is 8.32. The summed E-state index contributed by atoms with van der Waals surface area (Å²) < 4.78 is 36.8. The van der Waals surface area contributed by atoms with Crippen LogP contribution in [0, 0.1) is 11.6 Å². The number of amides is 2. The molecule has 1 atom stereocenters. The van der Waals surface area contributed by atoms with Crippen molar-refractivity contribution in [2.24, 2.45) is 0 Å².